The summed E-state index contributed by atoms with van der Waals surface area (Å²) < 4.78 is 0. The third kappa shape index (κ3) is 2.53. The van der Waals surface area contributed by atoms with Gasteiger partial charge in [0.2, 0.25) is 0 Å². The summed E-state index contributed by atoms with van der Waals surface area (Å²) in [7, 11) is 0. The molecule has 1 fully saturated rings. The number of amides is 1. The zero-order chi connectivity index (χ0) is 15.0. The summed E-state index contributed by atoms with van der Waals surface area (Å²) >= 11 is 9.71. The van der Waals surface area contributed by atoms with Gasteiger partial charge in [0.1, 0.15) is 0 Å². The fourth-order valence-corrected chi connectivity index (χ4v) is 4.42. The molecule has 1 aliphatic heterocycles. The average Bonchev–Trinajstić information content (AvgIpc) is 2.74. The Labute approximate surface area is 137 Å². The van der Waals surface area contributed by atoms with E-state index >= 15 is 0 Å². The SMILES string of the molecule is O=C1C(=O)N(CC2(CBr)CCCCC2)c2cccc(Cl)c21. The molecule has 0 unspecified atom stereocenters. The van der Waals surface area contributed by atoms with Crippen LogP contribution in [0.25, 0.3) is 0 Å². The van der Waals surface area contributed by atoms with Gasteiger partial charge in [-0.3, -0.25) is 9.59 Å². The number of benzene rings is 1. The van der Waals surface area contributed by atoms with Gasteiger partial charge in [0.05, 0.1) is 16.3 Å². The van der Waals surface area contributed by atoms with Crippen molar-refractivity contribution in [3.05, 3.63) is 28.8 Å². The Kier molecular flexibility index (Phi) is 4.10. The van der Waals surface area contributed by atoms with Crippen LogP contribution in [0.5, 0.6) is 0 Å². The zero-order valence-electron chi connectivity index (χ0n) is 11.7. The molecule has 0 atom stereocenters. The van der Waals surface area contributed by atoms with Gasteiger partial charge in [-0.05, 0) is 30.4 Å². The summed E-state index contributed by atoms with van der Waals surface area (Å²) in [4.78, 5) is 26.2. The lowest BCUT2D eigenvalue weighted by molar-refractivity contribution is -0.114. The average molecular weight is 371 g/mol. The maximum Gasteiger partial charge on any atom is 0.299 e. The number of hydrogen-bond donors (Lipinski definition) is 0. The summed E-state index contributed by atoms with van der Waals surface area (Å²) in [6, 6.07) is 5.27. The zero-order valence-corrected chi connectivity index (χ0v) is 14.0. The van der Waals surface area contributed by atoms with Crippen LogP contribution in [0.1, 0.15) is 42.5 Å². The van der Waals surface area contributed by atoms with Crippen molar-refractivity contribution in [3.8, 4) is 0 Å². The fraction of sp³-hybridized carbons (Fsp3) is 0.500. The molecule has 1 heterocycles. The number of fused-ring (bicyclic) bond motifs is 1. The van der Waals surface area contributed by atoms with E-state index in [1.165, 1.54) is 19.3 Å². The van der Waals surface area contributed by atoms with E-state index in [4.69, 9.17) is 11.6 Å². The molecule has 1 saturated carbocycles. The fourth-order valence-electron chi connectivity index (χ4n) is 3.43. The van der Waals surface area contributed by atoms with Crippen molar-refractivity contribution < 1.29 is 9.59 Å². The van der Waals surface area contributed by atoms with Gasteiger partial charge in [0, 0.05) is 11.9 Å². The lowest BCUT2D eigenvalue weighted by Crippen LogP contribution is -2.43. The van der Waals surface area contributed by atoms with E-state index < -0.39 is 11.7 Å². The molecule has 0 spiro atoms. The molecule has 1 aromatic rings. The van der Waals surface area contributed by atoms with Crippen LogP contribution in [0.15, 0.2) is 18.2 Å². The van der Waals surface area contributed by atoms with Crippen molar-refractivity contribution in [2.45, 2.75) is 32.1 Å². The summed E-state index contributed by atoms with van der Waals surface area (Å²) in [5, 5.41) is 1.22. The standard InChI is InChI=1S/C16H17BrClNO2/c17-9-16(7-2-1-3-8-16)10-19-12-6-4-5-11(18)13(12)14(20)15(19)21/h4-6H,1-3,7-10H2. The Bertz CT molecular complexity index is 596. The van der Waals surface area contributed by atoms with Gasteiger partial charge in [-0.25, -0.2) is 0 Å². The number of Topliss-reactive ketones (excluding diaryl/α,β-unsaturated/α-hetero) is 1. The molecule has 21 heavy (non-hydrogen) atoms. The largest absolute Gasteiger partial charge is 0.304 e. The van der Waals surface area contributed by atoms with Gasteiger partial charge in [-0.2, -0.15) is 0 Å². The minimum atomic E-state index is -0.476. The molecule has 0 bridgehead atoms. The molecule has 0 N–H and O–H groups in total. The normalized spacial score (nSPS) is 20.8. The molecular weight excluding hydrogens is 354 g/mol. The maximum absolute atomic E-state index is 12.3. The van der Waals surface area contributed by atoms with Crippen molar-refractivity contribution in [2.24, 2.45) is 5.41 Å². The van der Waals surface area contributed by atoms with E-state index in [0.717, 1.165) is 18.2 Å². The molecule has 0 radical (unpaired) electrons. The van der Waals surface area contributed by atoms with Gasteiger partial charge in [-0.1, -0.05) is 52.9 Å². The van der Waals surface area contributed by atoms with Gasteiger partial charge >= 0.3 is 0 Å². The Morgan fingerprint density at radius 2 is 1.90 bits per heavy atom. The summed E-state index contributed by atoms with van der Waals surface area (Å²) in [6.07, 6.45) is 5.80. The van der Waals surface area contributed by atoms with E-state index in [-0.39, 0.29) is 5.41 Å². The Hall–Kier alpha value is -0.870. The van der Waals surface area contributed by atoms with E-state index in [0.29, 0.717) is 22.8 Å². The molecule has 1 amide bonds. The van der Waals surface area contributed by atoms with Crippen LogP contribution in [-0.4, -0.2) is 23.6 Å². The molecular formula is C16H17BrClNO2. The number of carbonyl (C=O) groups is 2. The number of nitrogens with zero attached hydrogens (tertiary/aromatic N) is 1. The molecule has 112 valence electrons. The predicted molar refractivity (Wildman–Crippen MR) is 87.4 cm³/mol. The summed E-state index contributed by atoms with van der Waals surface area (Å²) in [5.74, 6) is -0.917. The number of halogens is 2. The molecule has 3 rings (SSSR count). The Morgan fingerprint density at radius 3 is 2.57 bits per heavy atom. The summed E-state index contributed by atoms with van der Waals surface area (Å²) in [6.45, 7) is 0.593. The molecule has 0 aromatic heterocycles. The smallest absolute Gasteiger partial charge is 0.299 e. The number of hydrogen-bond acceptors (Lipinski definition) is 2. The van der Waals surface area contributed by atoms with Crippen molar-refractivity contribution in [1.29, 1.82) is 0 Å². The molecule has 1 aliphatic carbocycles. The van der Waals surface area contributed by atoms with Crippen molar-refractivity contribution in [1.82, 2.24) is 0 Å². The number of carbonyl (C=O) groups excluding carboxylic acids is 2. The minimum Gasteiger partial charge on any atom is -0.304 e. The first-order chi connectivity index (χ1) is 10.1. The topological polar surface area (TPSA) is 37.4 Å². The van der Waals surface area contributed by atoms with E-state index in [2.05, 4.69) is 15.9 Å². The summed E-state index contributed by atoms with van der Waals surface area (Å²) in [5.41, 5.74) is 1.10. The van der Waals surface area contributed by atoms with Gasteiger partial charge < -0.3 is 4.90 Å². The van der Waals surface area contributed by atoms with Crippen molar-refractivity contribution in [2.75, 3.05) is 16.8 Å². The lowest BCUT2D eigenvalue weighted by atomic mass is 9.75. The minimum absolute atomic E-state index is 0.0676. The van der Waals surface area contributed by atoms with Crippen LogP contribution in [-0.2, 0) is 4.79 Å². The molecule has 2 aliphatic rings. The number of alkyl halides is 1. The maximum atomic E-state index is 12.3. The predicted octanol–water partition coefficient (Wildman–Crippen LogP) is 4.21. The highest BCUT2D eigenvalue weighted by Gasteiger charge is 2.42. The van der Waals surface area contributed by atoms with Crippen molar-refractivity contribution >= 4 is 44.9 Å². The van der Waals surface area contributed by atoms with Gasteiger partial charge in [0.15, 0.2) is 0 Å². The van der Waals surface area contributed by atoms with Gasteiger partial charge in [0.25, 0.3) is 11.7 Å². The van der Waals surface area contributed by atoms with Crippen LogP contribution < -0.4 is 4.90 Å². The van der Waals surface area contributed by atoms with Crippen LogP contribution in [0.3, 0.4) is 0 Å². The first kappa shape index (κ1) is 15.0. The Balaban J connectivity index is 1.95. The number of rotatable bonds is 3. The highest BCUT2D eigenvalue weighted by Crippen LogP contribution is 2.42. The third-order valence-electron chi connectivity index (χ3n) is 4.64. The highest BCUT2D eigenvalue weighted by atomic mass is 79.9. The second-order valence-corrected chi connectivity index (χ2v) is 7.02. The quantitative estimate of drug-likeness (QED) is 0.590. The van der Waals surface area contributed by atoms with E-state index in [1.807, 2.05) is 6.07 Å². The lowest BCUT2D eigenvalue weighted by Gasteiger charge is -2.38. The monoisotopic (exact) mass is 369 g/mol. The van der Waals surface area contributed by atoms with Crippen LogP contribution in [0.4, 0.5) is 5.69 Å². The van der Waals surface area contributed by atoms with Crippen LogP contribution >= 0.6 is 27.5 Å². The highest BCUT2D eigenvalue weighted by molar-refractivity contribution is 9.09. The van der Waals surface area contributed by atoms with Crippen molar-refractivity contribution in [3.63, 3.8) is 0 Å². The van der Waals surface area contributed by atoms with E-state index in [1.54, 1.807) is 17.0 Å². The first-order valence-electron chi connectivity index (χ1n) is 7.29. The molecule has 5 heteroatoms. The number of ketones is 1. The van der Waals surface area contributed by atoms with Crippen LogP contribution in [0.2, 0.25) is 5.02 Å². The second-order valence-electron chi connectivity index (χ2n) is 6.05. The molecule has 0 saturated heterocycles. The Morgan fingerprint density at radius 1 is 1.19 bits per heavy atom. The first-order valence-corrected chi connectivity index (χ1v) is 8.79. The number of anilines is 1. The molecule has 3 nitrogen and oxygen atoms in total. The van der Waals surface area contributed by atoms with Gasteiger partial charge in [-0.15, -0.1) is 0 Å². The molecule has 1 aromatic carbocycles. The van der Waals surface area contributed by atoms with E-state index in [9.17, 15) is 9.59 Å². The van der Waals surface area contributed by atoms with Crippen LogP contribution in [0, 0.1) is 5.41 Å². The third-order valence-corrected chi connectivity index (χ3v) is 6.14. The second kappa shape index (κ2) is 5.73.